The fourth-order valence-corrected chi connectivity index (χ4v) is 3.17. The number of carbonyl (C=O) groups is 2. The van der Waals surface area contributed by atoms with Crippen LogP contribution < -0.4 is 24.4 Å². The van der Waals surface area contributed by atoms with Crippen molar-refractivity contribution in [2.24, 2.45) is 0 Å². The number of nitrogens with zero attached hydrogens (tertiary/aromatic N) is 1. The van der Waals surface area contributed by atoms with Gasteiger partial charge < -0.3 is 29.3 Å². The van der Waals surface area contributed by atoms with Crippen LogP contribution in [0.15, 0.2) is 48.5 Å². The van der Waals surface area contributed by atoms with Gasteiger partial charge in [0, 0.05) is 12.7 Å². The highest BCUT2D eigenvalue weighted by Gasteiger charge is 2.25. The second kappa shape index (κ2) is 9.98. The summed E-state index contributed by atoms with van der Waals surface area (Å²) < 4.78 is 16.7. The predicted octanol–water partition coefficient (Wildman–Crippen LogP) is 0.447. The van der Waals surface area contributed by atoms with E-state index in [2.05, 4.69) is 5.32 Å². The minimum atomic E-state index is -0.229. The molecule has 2 aromatic carbocycles. The highest BCUT2D eigenvalue weighted by Crippen LogP contribution is 2.30. The summed E-state index contributed by atoms with van der Waals surface area (Å²) in [5.41, 5.74) is 0.687. The Morgan fingerprint density at radius 1 is 1.13 bits per heavy atom. The molecule has 0 fully saturated rings. The van der Waals surface area contributed by atoms with Crippen molar-refractivity contribution >= 4 is 17.5 Å². The number of anilines is 1. The van der Waals surface area contributed by atoms with Crippen molar-refractivity contribution in [1.82, 2.24) is 4.90 Å². The molecule has 2 N–H and O–H groups in total. The molecule has 0 spiro atoms. The molecule has 160 valence electrons. The Balaban J connectivity index is 1.42. The van der Waals surface area contributed by atoms with Crippen LogP contribution in [0.5, 0.6) is 17.2 Å². The summed E-state index contributed by atoms with van der Waals surface area (Å²) in [7, 11) is 5.14. The van der Waals surface area contributed by atoms with Crippen LogP contribution in [0.3, 0.4) is 0 Å². The van der Waals surface area contributed by atoms with Gasteiger partial charge in [-0.3, -0.25) is 9.59 Å². The minimum absolute atomic E-state index is 0.0628. The van der Waals surface area contributed by atoms with Gasteiger partial charge in [-0.1, -0.05) is 12.1 Å². The van der Waals surface area contributed by atoms with E-state index in [1.54, 1.807) is 43.3 Å². The zero-order valence-electron chi connectivity index (χ0n) is 17.5. The second-order valence-corrected chi connectivity index (χ2v) is 7.36. The number of likely N-dealkylation sites (N-methyl/N-ethyl adjacent to an activating group) is 2. The number of hydrogen-bond donors (Lipinski definition) is 2. The van der Waals surface area contributed by atoms with E-state index < -0.39 is 0 Å². The number of methoxy groups -OCH3 is 1. The Morgan fingerprint density at radius 3 is 2.53 bits per heavy atom. The zero-order chi connectivity index (χ0) is 21.5. The molecule has 0 bridgehead atoms. The molecule has 30 heavy (non-hydrogen) atoms. The van der Waals surface area contributed by atoms with Gasteiger partial charge in [0.05, 0.1) is 20.7 Å². The Bertz CT molecular complexity index is 871. The van der Waals surface area contributed by atoms with Crippen LogP contribution in [0.4, 0.5) is 5.69 Å². The van der Waals surface area contributed by atoms with Crippen LogP contribution in [0.2, 0.25) is 0 Å². The van der Waals surface area contributed by atoms with Crippen molar-refractivity contribution in [3.63, 3.8) is 0 Å². The molecule has 1 heterocycles. The molecule has 8 nitrogen and oxygen atoms in total. The van der Waals surface area contributed by atoms with Gasteiger partial charge in [-0.05, 0) is 36.4 Å². The van der Waals surface area contributed by atoms with Gasteiger partial charge in [-0.25, -0.2) is 0 Å². The monoisotopic (exact) mass is 414 g/mol. The van der Waals surface area contributed by atoms with Gasteiger partial charge in [0.15, 0.2) is 30.7 Å². The lowest BCUT2D eigenvalue weighted by Crippen LogP contribution is -3.11. The summed E-state index contributed by atoms with van der Waals surface area (Å²) in [5.74, 6) is 1.91. The summed E-state index contributed by atoms with van der Waals surface area (Å²) in [4.78, 5) is 27.2. The SMILES string of the molecule is COc1ccc(NC(=O)C[NH+](C)CC(=O)N(C)C[C@H]2COc3ccccc3O2)cc1. The number of para-hydroxylation sites is 2. The third kappa shape index (κ3) is 5.87. The zero-order valence-corrected chi connectivity index (χ0v) is 17.5. The van der Waals surface area contributed by atoms with Crippen molar-refractivity contribution in [3.05, 3.63) is 48.5 Å². The molecule has 1 unspecified atom stereocenters. The van der Waals surface area contributed by atoms with Gasteiger partial charge in [0.1, 0.15) is 12.4 Å². The maximum atomic E-state index is 12.5. The first-order chi connectivity index (χ1) is 14.4. The first-order valence-corrected chi connectivity index (χ1v) is 9.82. The molecule has 0 saturated carbocycles. The van der Waals surface area contributed by atoms with Crippen LogP contribution >= 0.6 is 0 Å². The quantitative estimate of drug-likeness (QED) is 0.656. The molecule has 8 heteroatoms. The highest BCUT2D eigenvalue weighted by molar-refractivity contribution is 5.91. The average Bonchev–Trinajstić information content (AvgIpc) is 2.74. The number of ether oxygens (including phenoxy) is 3. The van der Waals surface area contributed by atoms with Gasteiger partial charge in [0.2, 0.25) is 0 Å². The third-order valence-electron chi connectivity index (χ3n) is 4.76. The highest BCUT2D eigenvalue weighted by atomic mass is 16.6. The van der Waals surface area contributed by atoms with E-state index >= 15 is 0 Å². The van der Waals surface area contributed by atoms with E-state index in [1.807, 2.05) is 31.3 Å². The molecular formula is C22H28N3O5+. The van der Waals surface area contributed by atoms with Crippen molar-refractivity contribution in [1.29, 1.82) is 0 Å². The lowest BCUT2D eigenvalue weighted by molar-refractivity contribution is -0.862. The summed E-state index contributed by atoms with van der Waals surface area (Å²) in [6.45, 7) is 1.19. The fourth-order valence-electron chi connectivity index (χ4n) is 3.17. The van der Waals surface area contributed by atoms with Crippen LogP contribution in [-0.4, -0.2) is 70.3 Å². The van der Waals surface area contributed by atoms with Gasteiger partial charge >= 0.3 is 0 Å². The molecule has 0 radical (unpaired) electrons. The Labute approximate surface area is 176 Å². The number of quaternary nitrogens is 1. The number of carbonyl (C=O) groups excluding carboxylic acids is 2. The summed E-state index contributed by atoms with van der Waals surface area (Å²) in [5, 5.41) is 2.82. The van der Waals surface area contributed by atoms with Crippen LogP contribution in [0, 0.1) is 0 Å². The normalized spacial score (nSPS) is 15.8. The van der Waals surface area contributed by atoms with Crippen molar-refractivity contribution in [3.8, 4) is 17.2 Å². The first-order valence-electron chi connectivity index (χ1n) is 9.82. The fraction of sp³-hybridized carbons (Fsp3) is 0.364. The van der Waals surface area contributed by atoms with Crippen LogP contribution in [-0.2, 0) is 9.59 Å². The molecule has 2 amide bonds. The van der Waals surface area contributed by atoms with E-state index in [9.17, 15) is 9.59 Å². The molecule has 2 atom stereocenters. The summed E-state index contributed by atoms with van der Waals surface area (Å²) in [6, 6.07) is 14.6. The molecule has 0 aliphatic carbocycles. The van der Waals surface area contributed by atoms with E-state index in [-0.39, 0.29) is 31.0 Å². The molecule has 0 aromatic heterocycles. The average molecular weight is 414 g/mol. The largest absolute Gasteiger partial charge is 0.497 e. The van der Waals surface area contributed by atoms with Crippen LogP contribution in [0.25, 0.3) is 0 Å². The standard InChI is InChI=1S/C22H27N3O5/c1-24(13-21(26)23-16-8-10-17(28-3)11-9-16)14-22(27)25(2)12-18-15-29-19-6-4-5-7-20(19)30-18/h4-11,18H,12-15H2,1-3H3,(H,23,26)/p+1/t18-/m0/s1. The maximum Gasteiger partial charge on any atom is 0.279 e. The number of hydrogen-bond acceptors (Lipinski definition) is 5. The number of rotatable bonds is 8. The lowest BCUT2D eigenvalue weighted by Gasteiger charge is -2.29. The summed E-state index contributed by atoms with van der Waals surface area (Å²) in [6.07, 6.45) is -0.229. The van der Waals surface area contributed by atoms with Gasteiger partial charge in [-0.2, -0.15) is 0 Å². The van der Waals surface area contributed by atoms with E-state index in [1.165, 1.54) is 0 Å². The van der Waals surface area contributed by atoms with E-state index in [0.717, 1.165) is 16.4 Å². The first kappa shape index (κ1) is 21.4. The molecule has 1 aliphatic heterocycles. The molecule has 3 rings (SSSR count). The van der Waals surface area contributed by atoms with E-state index in [4.69, 9.17) is 14.2 Å². The minimum Gasteiger partial charge on any atom is -0.497 e. The van der Waals surface area contributed by atoms with Crippen molar-refractivity contribution < 1.29 is 28.7 Å². The number of nitrogens with one attached hydrogen (secondary N) is 2. The number of amides is 2. The van der Waals surface area contributed by atoms with Gasteiger partial charge in [0.25, 0.3) is 11.8 Å². The lowest BCUT2D eigenvalue weighted by atomic mass is 10.2. The number of benzene rings is 2. The van der Waals surface area contributed by atoms with Crippen molar-refractivity contribution in [2.45, 2.75) is 6.10 Å². The van der Waals surface area contributed by atoms with Crippen molar-refractivity contribution in [2.75, 3.05) is 52.8 Å². The molecule has 2 aromatic rings. The molecule has 0 saturated heterocycles. The second-order valence-electron chi connectivity index (χ2n) is 7.36. The Kier molecular flexibility index (Phi) is 7.13. The molecule has 1 aliphatic rings. The van der Waals surface area contributed by atoms with Crippen LogP contribution in [0.1, 0.15) is 0 Å². The number of fused-ring (bicyclic) bond motifs is 1. The molecular weight excluding hydrogens is 386 g/mol. The third-order valence-corrected chi connectivity index (χ3v) is 4.76. The summed E-state index contributed by atoms with van der Waals surface area (Å²) >= 11 is 0. The Hall–Kier alpha value is -3.26. The smallest absolute Gasteiger partial charge is 0.279 e. The Morgan fingerprint density at radius 2 is 1.83 bits per heavy atom. The maximum absolute atomic E-state index is 12.5. The predicted molar refractivity (Wildman–Crippen MR) is 112 cm³/mol. The topological polar surface area (TPSA) is 81.5 Å². The van der Waals surface area contributed by atoms with Gasteiger partial charge in [-0.15, -0.1) is 0 Å². The van der Waals surface area contributed by atoms with E-state index in [0.29, 0.717) is 24.6 Å².